The van der Waals surface area contributed by atoms with E-state index >= 15 is 0 Å². The van der Waals surface area contributed by atoms with E-state index in [-0.39, 0.29) is 25.2 Å². The highest BCUT2D eigenvalue weighted by Crippen LogP contribution is 2.12. The highest BCUT2D eigenvalue weighted by atomic mass is 16.6. The Balaban J connectivity index is 4.46. The van der Waals surface area contributed by atoms with Crippen molar-refractivity contribution in [2.45, 2.75) is 232 Å². The molecule has 0 spiro atoms. The van der Waals surface area contributed by atoms with Crippen LogP contribution in [0.5, 0.6) is 0 Å². The van der Waals surface area contributed by atoms with Crippen molar-refractivity contribution in [2.75, 3.05) is 19.8 Å². The number of carbonyl (C=O) groups excluding carboxylic acids is 2. The summed E-state index contributed by atoms with van der Waals surface area (Å²) < 4.78 is 17.4. The van der Waals surface area contributed by atoms with Crippen LogP contribution in [0.15, 0.2) is 146 Å². The van der Waals surface area contributed by atoms with Crippen LogP contribution in [0.4, 0.5) is 0 Å². The molecule has 70 heavy (non-hydrogen) atoms. The van der Waals surface area contributed by atoms with E-state index in [1.54, 1.807) is 0 Å². The maximum Gasteiger partial charge on any atom is 0.306 e. The second-order valence-corrected chi connectivity index (χ2v) is 18.1. The topological polar surface area (TPSA) is 61.8 Å². The molecule has 0 saturated carbocycles. The van der Waals surface area contributed by atoms with E-state index in [9.17, 15) is 9.59 Å². The lowest BCUT2D eigenvalue weighted by Crippen LogP contribution is -2.30. The summed E-state index contributed by atoms with van der Waals surface area (Å²) in [6, 6.07) is 0. The number of rotatable bonds is 50. The van der Waals surface area contributed by atoms with Crippen LogP contribution in [0.3, 0.4) is 0 Å². The van der Waals surface area contributed by atoms with Gasteiger partial charge in [0.1, 0.15) is 6.61 Å². The Kier molecular flexibility index (Phi) is 55.5. The summed E-state index contributed by atoms with van der Waals surface area (Å²) in [5.74, 6) is -0.473. The molecule has 5 nitrogen and oxygen atoms in total. The fourth-order valence-electron chi connectivity index (χ4n) is 7.18. The predicted octanol–water partition coefficient (Wildman–Crippen LogP) is 19.7. The van der Waals surface area contributed by atoms with Crippen molar-refractivity contribution >= 4 is 11.9 Å². The van der Waals surface area contributed by atoms with Crippen molar-refractivity contribution in [2.24, 2.45) is 0 Å². The molecule has 0 amide bonds. The number of unbranched alkanes of at least 4 members (excludes halogenated alkanes) is 15. The van der Waals surface area contributed by atoms with Crippen molar-refractivity contribution in [1.82, 2.24) is 0 Å². The Labute approximate surface area is 431 Å². The molecular weight excluding hydrogens is 861 g/mol. The molecule has 0 radical (unpaired) electrons. The minimum Gasteiger partial charge on any atom is -0.462 e. The van der Waals surface area contributed by atoms with Crippen LogP contribution in [-0.2, 0) is 23.8 Å². The van der Waals surface area contributed by atoms with Crippen molar-refractivity contribution in [3.05, 3.63) is 146 Å². The average Bonchev–Trinajstić information content (AvgIpc) is 3.36. The largest absolute Gasteiger partial charge is 0.462 e. The first kappa shape index (κ1) is 65.8. The molecule has 0 saturated heterocycles. The first-order valence-electron chi connectivity index (χ1n) is 28.4. The Hall–Kier alpha value is -4.22. The van der Waals surface area contributed by atoms with Crippen molar-refractivity contribution in [1.29, 1.82) is 0 Å². The number of esters is 2. The number of hydrogen-bond donors (Lipinski definition) is 0. The second kappa shape index (κ2) is 59.1. The quantitative estimate of drug-likeness (QED) is 0.0345. The Morgan fingerprint density at radius 2 is 0.643 bits per heavy atom. The van der Waals surface area contributed by atoms with Crippen LogP contribution < -0.4 is 0 Å². The Morgan fingerprint density at radius 3 is 1.03 bits per heavy atom. The van der Waals surface area contributed by atoms with Gasteiger partial charge in [-0.15, -0.1) is 0 Å². The molecule has 0 heterocycles. The highest BCUT2D eigenvalue weighted by molar-refractivity contribution is 5.70. The van der Waals surface area contributed by atoms with E-state index in [2.05, 4.69) is 167 Å². The maximum absolute atomic E-state index is 12.9. The molecule has 1 unspecified atom stereocenters. The molecule has 0 aliphatic heterocycles. The fraction of sp³-hybridized carbons (Fsp3) is 0.600. The third-order valence-corrected chi connectivity index (χ3v) is 11.3. The van der Waals surface area contributed by atoms with Gasteiger partial charge in [-0.2, -0.15) is 0 Å². The first-order valence-corrected chi connectivity index (χ1v) is 28.4. The smallest absolute Gasteiger partial charge is 0.306 e. The molecule has 0 bridgehead atoms. The summed E-state index contributed by atoms with van der Waals surface area (Å²) in [6.45, 7) is 7.42. The lowest BCUT2D eigenvalue weighted by atomic mass is 10.1. The standard InChI is InChI=1S/C65H104O5/c1-4-7-10-13-16-19-22-25-28-31-33-35-37-40-43-46-49-52-55-58-64(66)69-62-63(61-68-60-57-54-51-48-45-42-39-36-32-29-26-23-20-17-14-11-8-5-2)70-65(67)59-56-53-50-47-44-41-38-34-30-27-24-21-18-15-12-9-6-3/h8-9,11-12,16-21,25-30,33,35-36,38-39,41,45,48,63H,4-7,10,13-15,22-24,31-32,34,37,40,42-44,46-47,49-62H2,1-3H3/b11-8-,12-9-,19-16-,20-17-,21-18-,28-25-,29-26-,30-27-,35-33-,39-36-,41-38-,48-45-. The van der Waals surface area contributed by atoms with Gasteiger partial charge in [0, 0.05) is 19.4 Å². The van der Waals surface area contributed by atoms with Crippen molar-refractivity contribution in [3.8, 4) is 0 Å². The average molecular weight is 966 g/mol. The van der Waals surface area contributed by atoms with E-state index in [4.69, 9.17) is 14.2 Å². The van der Waals surface area contributed by atoms with Gasteiger partial charge < -0.3 is 14.2 Å². The zero-order chi connectivity index (χ0) is 50.6. The monoisotopic (exact) mass is 965 g/mol. The summed E-state index contributed by atoms with van der Waals surface area (Å²) in [7, 11) is 0. The van der Waals surface area contributed by atoms with Crippen molar-refractivity contribution in [3.63, 3.8) is 0 Å². The Bertz CT molecular complexity index is 1510. The van der Waals surface area contributed by atoms with E-state index in [0.717, 1.165) is 148 Å². The number of ether oxygens (including phenoxy) is 3. The van der Waals surface area contributed by atoms with Gasteiger partial charge in [0.05, 0.1) is 6.61 Å². The van der Waals surface area contributed by atoms with E-state index in [0.29, 0.717) is 19.4 Å². The van der Waals surface area contributed by atoms with Crippen LogP contribution in [0.1, 0.15) is 226 Å². The molecule has 0 aromatic heterocycles. The van der Waals surface area contributed by atoms with Gasteiger partial charge in [0.2, 0.25) is 0 Å². The predicted molar refractivity (Wildman–Crippen MR) is 306 cm³/mol. The van der Waals surface area contributed by atoms with Gasteiger partial charge >= 0.3 is 11.9 Å². The highest BCUT2D eigenvalue weighted by Gasteiger charge is 2.17. The molecule has 0 aliphatic rings. The lowest BCUT2D eigenvalue weighted by molar-refractivity contribution is -0.163. The number of carbonyl (C=O) groups is 2. The van der Waals surface area contributed by atoms with Gasteiger partial charge in [0.25, 0.3) is 0 Å². The molecule has 1 atom stereocenters. The van der Waals surface area contributed by atoms with E-state index in [1.807, 2.05) is 0 Å². The van der Waals surface area contributed by atoms with Crippen LogP contribution in [0, 0.1) is 0 Å². The first-order chi connectivity index (χ1) is 34.6. The summed E-state index contributed by atoms with van der Waals surface area (Å²) >= 11 is 0. The van der Waals surface area contributed by atoms with Crippen LogP contribution >= 0.6 is 0 Å². The minimum absolute atomic E-state index is 0.0406. The summed E-state index contributed by atoms with van der Waals surface area (Å²) in [4.78, 5) is 25.5. The third kappa shape index (κ3) is 56.4. The number of allylic oxidation sites excluding steroid dienone is 24. The SMILES string of the molecule is CC/C=C\C/C=C\C/C=C\C/C=C\C/C=C\CCCCOCC(COC(=O)CCCCCCCC/C=C\C/C=C\C/C=C\CCCCC)OC(=O)CCCCCC/C=C\C/C=C\C/C=C\C/C=C\CC. The third-order valence-electron chi connectivity index (χ3n) is 11.3. The van der Waals surface area contributed by atoms with Gasteiger partial charge in [-0.05, 0) is 141 Å². The van der Waals surface area contributed by atoms with Crippen molar-refractivity contribution < 1.29 is 23.8 Å². The van der Waals surface area contributed by atoms with Crippen LogP contribution in [-0.4, -0.2) is 37.9 Å². The zero-order valence-electron chi connectivity index (χ0n) is 45.2. The minimum atomic E-state index is -0.590. The zero-order valence-corrected chi connectivity index (χ0v) is 45.2. The lowest BCUT2D eigenvalue weighted by Gasteiger charge is -2.18. The van der Waals surface area contributed by atoms with Gasteiger partial charge in [-0.3, -0.25) is 9.59 Å². The molecule has 0 fully saturated rings. The van der Waals surface area contributed by atoms with Crippen LogP contribution in [0.25, 0.3) is 0 Å². The Morgan fingerprint density at radius 1 is 0.329 bits per heavy atom. The molecular formula is C65H104O5. The molecule has 5 heteroatoms. The molecule has 0 aromatic carbocycles. The van der Waals surface area contributed by atoms with Gasteiger partial charge in [-0.25, -0.2) is 0 Å². The summed E-state index contributed by atoms with van der Waals surface area (Å²) in [6.07, 6.45) is 85.8. The molecule has 0 aromatic rings. The number of hydrogen-bond acceptors (Lipinski definition) is 5. The van der Waals surface area contributed by atoms with Crippen LogP contribution in [0.2, 0.25) is 0 Å². The molecule has 0 aliphatic carbocycles. The molecule has 0 N–H and O–H groups in total. The normalized spacial score (nSPS) is 13.4. The fourth-order valence-corrected chi connectivity index (χ4v) is 7.18. The van der Waals surface area contributed by atoms with Gasteiger partial charge in [0.15, 0.2) is 6.10 Å². The van der Waals surface area contributed by atoms with E-state index < -0.39 is 6.10 Å². The second-order valence-electron chi connectivity index (χ2n) is 18.1. The van der Waals surface area contributed by atoms with E-state index in [1.165, 1.54) is 44.9 Å². The summed E-state index contributed by atoms with van der Waals surface area (Å²) in [5.41, 5.74) is 0. The molecule has 0 rings (SSSR count). The maximum atomic E-state index is 12.9. The summed E-state index contributed by atoms with van der Waals surface area (Å²) in [5, 5.41) is 0. The van der Waals surface area contributed by atoms with Gasteiger partial charge in [-0.1, -0.05) is 218 Å². The molecule has 394 valence electrons.